The molecule has 2 amide bonds. The van der Waals surface area contributed by atoms with Gasteiger partial charge in [0.2, 0.25) is 5.91 Å². The molecule has 1 aromatic rings. The molecule has 2 aliphatic rings. The first-order valence-electron chi connectivity index (χ1n) is 7.46. The second-order valence-corrected chi connectivity index (χ2v) is 6.54. The number of aromatic carboxylic acids is 1. The number of carbonyl (C=O) groups is 3. The summed E-state index contributed by atoms with van der Waals surface area (Å²) in [5.74, 6) is -0.604. The van der Waals surface area contributed by atoms with Gasteiger partial charge in [-0.25, -0.2) is 9.78 Å². The van der Waals surface area contributed by atoms with Gasteiger partial charge in [0.15, 0.2) is 0 Å². The lowest BCUT2D eigenvalue weighted by Crippen LogP contribution is -2.48. The Labute approximate surface area is 137 Å². The number of carboxylic acids is 1. The molecule has 1 aromatic heterocycles. The van der Waals surface area contributed by atoms with Gasteiger partial charge >= 0.3 is 5.97 Å². The minimum atomic E-state index is -1.18. The van der Waals surface area contributed by atoms with Crippen LogP contribution in [0.4, 0.5) is 0 Å². The molecule has 7 nitrogen and oxygen atoms in total. The fourth-order valence-electron chi connectivity index (χ4n) is 2.82. The lowest BCUT2D eigenvalue weighted by atomic mass is 10.2. The average Bonchev–Trinajstić information content (AvgIpc) is 3.25. The lowest BCUT2D eigenvalue weighted by Gasteiger charge is -2.26. The Hall–Kier alpha value is -2.09. The highest BCUT2D eigenvalue weighted by atomic mass is 32.2. The van der Waals surface area contributed by atoms with Crippen molar-refractivity contribution < 1.29 is 19.5 Å². The molecule has 0 saturated carbocycles. The first-order valence-corrected chi connectivity index (χ1v) is 8.61. The van der Waals surface area contributed by atoms with E-state index in [0.29, 0.717) is 11.6 Å². The molecular formula is C15H17N3O4S. The number of thioether (sulfide) groups is 1. The molecule has 23 heavy (non-hydrogen) atoms. The van der Waals surface area contributed by atoms with Crippen LogP contribution in [0, 0.1) is 0 Å². The number of hydrogen-bond donors (Lipinski definition) is 1. The quantitative estimate of drug-likeness (QED) is 0.883. The first kappa shape index (κ1) is 15.8. The van der Waals surface area contributed by atoms with Crippen molar-refractivity contribution in [1.82, 2.24) is 14.8 Å². The van der Waals surface area contributed by atoms with E-state index in [2.05, 4.69) is 4.98 Å². The van der Waals surface area contributed by atoms with E-state index in [1.54, 1.807) is 4.90 Å². The van der Waals surface area contributed by atoms with Crippen molar-refractivity contribution in [3.8, 4) is 0 Å². The maximum atomic E-state index is 12.6. The number of nitrogens with zero attached hydrogens (tertiary/aromatic N) is 3. The van der Waals surface area contributed by atoms with Crippen LogP contribution in [-0.2, 0) is 4.79 Å². The summed E-state index contributed by atoms with van der Waals surface area (Å²) in [4.78, 5) is 43.4. The van der Waals surface area contributed by atoms with E-state index in [1.807, 2.05) is 0 Å². The topological polar surface area (TPSA) is 90.8 Å². The number of pyridine rings is 1. The van der Waals surface area contributed by atoms with Gasteiger partial charge in [0.25, 0.3) is 5.91 Å². The SMILES string of the molecule is O=C(O)c1cccc(C(=O)N2CSCC2C(=O)N2CCCC2)n1. The van der Waals surface area contributed by atoms with Crippen molar-refractivity contribution in [3.05, 3.63) is 29.6 Å². The Balaban J connectivity index is 1.79. The highest BCUT2D eigenvalue weighted by Gasteiger charge is 2.38. The monoisotopic (exact) mass is 335 g/mol. The number of aromatic nitrogens is 1. The molecule has 0 aromatic carbocycles. The molecule has 2 aliphatic heterocycles. The maximum absolute atomic E-state index is 12.6. The molecule has 122 valence electrons. The predicted molar refractivity (Wildman–Crippen MR) is 84.3 cm³/mol. The third kappa shape index (κ3) is 3.17. The van der Waals surface area contributed by atoms with Gasteiger partial charge in [0.05, 0.1) is 5.88 Å². The molecule has 1 atom stereocenters. The fraction of sp³-hybridized carbons (Fsp3) is 0.467. The van der Waals surface area contributed by atoms with Crippen LogP contribution in [0.3, 0.4) is 0 Å². The second kappa shape index (κ2) is 6.57. The van der Waals surface area contributed by atoms with E-state index in [9.17, 15) is 14.4 Å². The number of carboxylic acid groups (broad SMARTS) is 1. The van der Waals surface area contributed by atoms with Crippen LogP contribution in [0.1, 0.15) is 33.8 Å². The van der Waals surface area contributed by atoms with Crippen molar-refractivity contribution in [1.29, 1.82) is 0 Å². The molecule has 0 spiro atoms. The fourth-order valence-corrected chi connectivity index (χ4v) is 3.96. The molecule has 0 bridgehead atoms. The van der Waals surface area contributed by atoms with Crippen LogP contribution < -0.4 is 0 Å². The Morgan fingerprint density at radius 1 is 1.17 bits per heavy atom. The zero-order chi connectivity index (χ0) is 16.4. The molecule has 3 rings (SSSR count). The molecule has 8 heteroatoms. The zero-order valence-corrected chi connectivity index (χ0v) is 13.3. The second-order valence-electron chi connectivity index (χ2n) is 5.54. The van der Waals surface area contributed by atoms with Crippen LogP contribution in [-0.4, -0.2) is 68.4 Å². The normalized spacial score (nSPS) is 20.8. The van der Waals surface area contributed by atoms with Crippen LogP contribution >= 0.6 is 11.8 Å². The van der Waals surface area contributed by atoms with Gasteiger partial charge < -0.3 is 14.9 Å². The maximum Gasteiger partial charge on any atom is 0.354 e. The summed E-state index contributed by atoms with van der Waals surface area (Å²) in [6.45, 7) is 1.49. The summed E-state index contributed by atoms with van der Waals surface area (Å²) in [7, 11) is 0. The number of likely N-dealkylation sites (tertiary alicyclic amines) is 1. The molecular weight excluding hydrogens is 318 g/mol. The largest absolute Gasteiger partial charge is 0.477 e. The third-order valence-corrected chi connectivity index (χ3v) is 5.05. The summed E-state index contributed by atoms with van der Waals surface area (Å²) in [6.07, 6.45) is 2.00. The number of rotatable bonds is 3. The Bertz CT molecular complexity index is 645. The highest BCUT2D eigenvalue weighted by molar-refractivity contribution is 7.99. The molecule has 2 fully saturated rings. The van der Waals surface area contributed by atoms with E-state index in [0.717, 1.165) is 25.9 Å². The van der Waals surface area contributed by atoms with Crippen LogP contribution in [0.5, 0.6) is 0 Å². The van der Waals surface area contributed by atoms with Crippen molar-refractivity contribution in [2.75, 3.05) is 24.7 Å². The van der Waals surface area contributed by atoms with Gasteiger partial charge in [-0.15, -0.1) is 11.8 Å². The van der Waals surface area contributed by atoms with Gasteiger partial charge in [0, 0.05) is 18.8 Å². The summed E-state index contributed by atoms with van der Waals surface area (Å²) < 4.78 is 0. The first-order chi connectivity index (χ1) is 11.1. The van der Waals surface area contributed by atoms with Crippen LogP contribution in [0.15, 0.2) is 18.2 Å². The van der Waals surface area contributed by atoms with Gasteiger partial charge in [-0.2, -0.15) is 0 Å². The molecule has 1 N–H and O–H groups in total. The minimum absolute atomic E-state index is 0.0183. The smallest absolute Gasteiger partial charge is 0.354 e. The summed E-state index contributed by atoms with van der Waals surface area (Å²) in [5.41, 5.74) is -0.114. The highest BCUT2D eigenvalue weighted by Crippen LogP contribution is 2.25. The van der Waals surface area contributed by atoms with Crippen molar-refractivity contribution in [2.45, 2.75) is 18.9 Å². The molecule has 2 saturated heterocycles. The van der Waals surface area contributed by atoms with Gasteiger partial charge in [-0.05, 0) is 25.0 Å². The van der Waals surface area contributed by atoms with E-state index < -0.39 is 17.9 Å². The molecule has 0 aliphatic carbocycles. The van der Waals surface area contributed by atoms with Crippen molar-refractivity contribution in [2.24, 2.45) is 0 Å². The van der Waals surface area contributed by atoms with Gasteiger partial charge in [0.1, 0.15) is 17.4 Å². The van der Waals surface area contributed by atoms with E-state index in [-0.39, 0.29) is 17.3 Å². The van der Waals surface area contributed by atoms with E-state index in [1.165, 1.54) is 34.9 Å². The van der Waals surface area contributed by atoms with E-state index in [4.69, 9.17) is 5.11 Å². The third-order valence-electron chi connectivity index (χ3n) is 4.03. The molecule has 1 unspecified atom stereocenters. The van der Waals surface area contributed by atoms with Crippen molar-refractivity contribution in [3.63, 3.8) is 0 Å². The predicted octanol–water partition coefficient (Wildman–Crippen LogP) is 0.917. The molecule has 3 heterocycles. The Morgan fingerprint density at radius 2 is 1.87 bits per heavy atom. The van der Waals surface area contributed by atoms with Gasteiger partial charge in [-0.3, -0.25) is 9.59 Å². The minimum Gasteiger partial charge on any atom is -0.477 e. The number of carbonyl (C=O) groups excluding carboxylic acids is 2. The van der Waals surface area contributed by atoms with Gasteiger partial charge in [-0.1, -0.05) is 6.07 Å². The zero-order valence-electron chi connectivity index (χ0n) is 12.5. The van der Waals surface area contributed by atoms with Crippen LogP contribution in [0.2, 0.25) is 0 Å². The molecule has 0 radical (unpaired) electrons. The Morgan fingerprint density at radius 3 is 2.57 bits per heavy atom. The Kier molecular flexibility index (Phi) is 4.51. The average molecular weight is 335 g/mol. The summed E-state index contributed by atoms with van der Waals surface area (Å²) >= 11 is 1.52. The van der Waals surface area contributed by atoms with E-state index >= 15 is 0 Å². The lowest BCUT2D eigenvalue weighted by molar-refractivity contribution is -0.133. The number of hydrogen-bond acceptors (Lipinski definition) is 5. The number of amides is 2. The summed E-state index contributed by atoms with van der Waals surface area (Å²) in [5, 5.41) is 8.99. The summed E-state index contributed by atoms with van der Waals surface area (Å²) in [6, 6.07) is 3.82. The van der Waals surface area contributed by atoms with Crippen molar-refractivity contribution >= 4 is 29.5 Å². The van der Waals surface area contributed by atoms with Crippen LogP contribution in [0.25, 0.3) is 0 Å². The standard InChI is InChI=1S/C15H17N3O4S/c19-13(10-4-3-5-11(16-10)15(21)22)18-9-23-8-12(18)14(20)17-6-1-2-7-17/h3-5,12H,1-2,6-9H2,(H,21,22).